The van der Waals surface area contributed by atoms with Crippen LogP contribution in [0, 0.1) is 18.3 Å². The molecule has 6 nitrogen and oxygen atoms in total. The van der Waals surface area contributed by atoms with Crippen molar-refractivity contribution in [1.29, 1.82) is 5.26 Å². The van der Waals surface area contributed by atoms with Crippen molar-refractivity contribution < 1.29 is 9.47 Å². The summed E-state index contributed by atoms with van der Waals surface area (Å²) in [5.41, 5.74) is 3.86. The van der Waals surface area contributed by atoms with Crippen LogP contribution in [0.1, 0.15) is 37.0 Å². The number of benzene rings is 2. The van der Waals surface area contributed by atoms with Crippen LogP contribution in [-0.4, -0.2) is 50.5 Å². The van der Waals surface area contributed by atoms with Gasteiger partial charge in [-0.2, -0.15) is 5.26 Å². The Balaban J connectivity index is 1.48. The maximum atomic E-state index is 9.18. The van der Waals surface area contributed by atoms with Gasteiger partial charge in [0.1, 0.15) is 18.0 Å². The summed E-state index contributed by atoms with van der Waals surface area (Å²) >= 11 is 12.8. The van der Waals surface area contributed by atoms with Gasteiger partial charge < -0.3 is 25.0 Å². The number of methoxy groups -OCH3 is 1. The fourth-order valence-electron chi connectivity index (χ4n) is 4.00. The van der Waals surface area contributed by atoms with Gasteiger partial charge in [0, 0.05) is 24.9 Å². The lowest BCUT2D eigenvalue weighted by Gasteiger charge is -2.36. The van der Waals surface area contributed by atoms with Crippen molar-refractivity contribution in [2.24, 2.45) is 0 Å². The maximum absolute atomic E-state index is 9.18. The van der Waals surface area contributed by atoms with Crippen LogP contribution in [0.3, 0.4) is 0 Å². The number of rotatable bonds is 11. The number of nitrogens with one attached hydrogen (secondary N) is 2. The van der Waals surface area contributed by atoms with Crippen LogP contribution in [0.5, 0.6) is 5.75 Å². The van der Waals surface area contributed by atoms with Crippen LogP contribution >= 0.6 is 23.2 Å². The van der Waals surface area contributed by atoms with Crippen LogP contribution in [0.15, 0.2) is 53.7 Å². The Bertz CT molecular complexity index is 1150. The average molecular weight is 530 g/mol. The van der Waals surface area contributed by atoms with Gasteiger partial charge in [-0.25, -0.2) is 0 Å². The fourth-order valence-corrected chi connectivity index (χ4v) is 4.57. The van der Waals surface area contributed by atoms with E-state index in [1.54, 1.807) is 13.2 Å². The molecule has 1 aliphatic rings. The number of allylic oxidation sites excluding steroid dienone is 2. The predicted molar refractivity (Wildman–Crippen MR) is 149 cm³/mol. The first-order chi connectivity index (χ1) is 17.2. The van der Waals surface area contributed by atoms with E-state index >= 15 is 0 Å². The quantitative estimate of drug-likeness (QED) is 0.269. The second kappa shape index (κ2) is 12.5. The molecule has 0 aromatic heterocycles. The molecule has 8 heteroatoms. The Hall–Kier alpha value is -2.69. The van der Waals surface area contributed by atoms with Gasteiger partial charge in [0.25, 0.3) is 0 Å². The van der Waals surface area contributed by atoms with E-state index in [0.29, 0.717) is 17.2 Å². The molecule has 3 rings (SSSR count). The molecule has 1 aliphatic heterocycles. The maximum Gasteiger partial charge on any atom is 0.145 e. The summed E-state index contributed by atoms with van der Waals surface area (Å²) in [6.45, 7) is 8.09. The zero-order valence-electron chi connectivity index (χ0n) is 21.5. The zero-order valence-corrected chi connectivity index (χ0v) is 23.0. The molecule has 2 aromatic carbocycles. The third kappa shape index (κ3) is 6.96. The second-order valence-electron chi connectivity index (χ2n) is 9.40. The minimum atomic E-state index is -0.377. The molecule has 0 spiro atoms. The molecule has 0 radical (unpaired) electrons. The molecule has 0 saturated carbocycles. The lowest BCUT2D eigenvalue weighted by atomic mass is 10.0. The van der Waals surface area contributed by atoms with Gasteiger partial charge in [0.15, 0.2) is 0 Å². The zero-order chi connectivity index (χ0) is 26.3. The Morgan fingerprint density at radius 1 is 1.17 bits per heavy atom. The summed E-state index contributed by atoms with van der Waals surface area (Å²) in [6.07, 6.45) is 4.58. The van der Waals surface area contributed by atoms with Crippen molar-refractivity contribution in [2.75, 3.05) is 39.2 Å². The number of hydrogen-bond acceptors (Lipinski definition) is 6. The summed E-state index contributed by atoms with van der Waals surface area (Å²) in [5, 5.41) is 17.4. The first kappa shape index (κ1) is 27.9. The van der Waals surface area contributed by atoms with Crippen molar-refractivity contribution in [2.45, 2.75) is 39.0 Å². The first-order valence-corrected chi connectivity index (χ1v) is 12.7. The van der Waals surface area contributed by atoms with Gasteiger partial charge in [-0.05, 0) is 87.0 Å². The number of nitrogens with zero attached hydrogens (tertiary/aromatic N) is 2. The number of halogens is 2. The predicted octanol–water partition coefficient (Wildman–Crippen LogP) is 6.15. The highest BCUT2D eigenvalue weighted by atomic mass is 35.5. The van der Waals surface area contributed by atoms with Crippen LogP contribution in [0.4, 0.5) is 5.69 Å². The van der Waals surface area contributed by atoms with Gasteiger partial charge in [-0.3, -0.25) is 0 Å². The molecule has 1 unspecified atom stereocenters. The number of likely N-dealkylation sites (N-methyl/N-ethyl adjacent to an activating group) is 1. The first-order valence-electron chi connectivity index (χ1n) is 11.9. The summed E-state index contributed by atoms with van der Waals surface area (Å²) in [7, 11) is 3.67. The van der Waals surface area contributed by atoms with Crippen molar-refractivity contribution >= 4 is 34.5 Å². The Morgan fingerprint density at radius 3 is 2.53 bits per heavy atom. The number of ether oxygens (including phenoxy) is 2. The standard InChI is InChI=1S/C28H34Cl2N4O2/c1-19-25(12-9-21(17-31)26(19)30)33-27(35-5)28(2,3)32-14-6-16-36-22-10-7-20(8-11-22)23-13-15-34(4)18-24(23)29/h7-13,15,27,32-33H,6,14,16,18H2,1-5H3. The molecular weight excluding hydrogens is 495 g/mol. The van der Waals surface area contributed by atoms with E-state index in [4.69, 9.17) is 32.7 Å². The molecule has 0 bridgehead atoms. The monoisotopic (exact) mass is 528 g/mol. The average Bonchev–Trinajstić information content (AvgIpc) is 2.85. The number of anilines is 1. The highest BCUT2D eigenvalue weighted by Gasteiger charge is 2.29. The molecular formula is C28H34Cl2N4O2. The van der Waals surface area contributed by atoms with Gasteiger partial charge in [0.2, 0.25) is 0 Å². The van der Waals surface area contributed by atoms with Gasteiger partial charge >= 0.3 is 0 Å². The molecule has 2 N–H and O–H groups in total. The Labute approximate surface area is 224 Å². The summed E-state index contributed by atoms with van der Waals surface area (Å²) in [4.78, 5) is 2.05. The van der Waals surface area contributed by atoms with E-state index in [1.165, 1.54) is 0 Å². The van der Waals surface area contributed by atoms with E-state index in [9.17, 15) is 5.26 Å². The van der Waals surface area contributed by atoms with Crippen molar-refractivity contribution in [3.8, 4) is 11.8 Å². The molecule has 36 heavy (non-hydrogen) atoms. The van der Waals surface area contributed by atoms with Crippen molar-refractivity contribution in [3.05, 3.63) is 75.4 Å². The van der Waals surface area contributed by atoms with Crippen LogP contribution in [0.2, 0.25) is 5.02 Å². The lowest BCUT2D eigenvalue weighted by Crippen LogP contribution is -2.54. The van der Waals surface area contributed by atoms with E-state index in [0.717, 1.165) is 52.7 Å². The third-order valence-electron chi connectivity index (χ3n) is 6.20. The number of hydrogen-bond donors (Lipinski definition) is 2. The normalized spacial score (nSPS) is 14.6. The highest BCUT2D eigenvalue weighted by molar-refractivity contribution is 6.33. The van der Waals surface area contributed by atoms with Gasteiger partial charge in [0.05, 0.1) is 29.3 Å². The van der Waals surface area contributed by atoms with Crippen LogP contribution in [0.25, 0.3) is 5.57 Å². The number of nitriles is 1. The van der Waals surface area contributed by atoms with E-state index in [2.05, 4.69) is 30.6 Å². The van der Waals surface area contributed by atoms with Gasteiger partial charge in [-0.1, -0.05) is 35.3 Å². The van der Waals surface area contributed by atoms with E-state index < -0.39 is 0 Å². The molecule has 1 heterocycles. The fraction of sp³-hybridized carbons (Fsp3) is 0.393. The largest absolute Gasteiger partial charge is 0.494 e. The van der Waals surface area contributed by atoms with E-state index in [-0.39, 0.29) is 11.8 Å². The second-order valence-corrected chi connectivity index (χ2v) is 10.2. The van der Waals surface area contributed by atoms with E-state index in [1.807, 2.05) is 61.5 Å². The lowest BCUT2D eigenvalue weighted by molar-refractivity contribution is 0.0530. The summed E-state index contributed by atoms with van der Waals surface area (Å²) in [5.74, 6) is 0.830. The molecule has 0 aliphatic carbocycles. The molecule has 0 fully saturated rings. The molecule has 0 amide bonds. The van der Waals surface area contributed by atoms with Gasteiger partial charge in [-0.15, -0.1) is 0 Å². The molecule has 0 saturated heterocycles. The van der Waals surface area contributed by atoms with Crippen molar-refractivity contribution in [3.63, 3.8) is 0 Å². The molecule has 1 atom stereocenters. The summed E-state index contributed by atoms with van der Waals surface area (Å²) in [6, 6.07) is 13.7. The topological polar surface area (TPSA) is 69.5 Å². The smallest absolute Gasteiger partial charge is 0.145 e. The highest BCUT2D eigenvalue weighted by Crippen LogP contribution is 2.29. The Kier molecular flexibility index (Phi) is 9.69. The van der Waals surface area contributed by atoms with Crippen LogP contribution in [-0.2, 0) is 4.74 Å². The Morgan fingerprint density at radius 2 is 1.89 bits per heavy atom. The summed E-state index contributed by atoms with van der Waals surface area (Å²) < 4.78 is 11.7. The third-order valence-corrected chi connectivity index (χ3v) is 7.01. The minimum Gasteiger partial charge on any atom is -0.494 e. The SMILES string of the molecule is COC(Nc1ccc(C#N)c(Cl)c1C)C(C)(C)NCCCOc1ccc(C2=C(Cl)CN(C)C=C2)cc1. The molecule has 192 valence electrons. The minimum absolute atomic E-state index is 0.316. The van der Waals surface area contributed by atoms with Crippen molar-refractivity contribution in [1.82, 2.24) is 10.2 Å². The molecule has 2 aromatic rings. The van der Waals surface area contributed by atoms with Crippen LogP contribution < -0.4 is 15.4 Å².